The molecule has 1 aromatic rings. The molecular weight excluding hydrogens is 194 g/mol. The quantitative estimate of drug-likeness (QED) is 0.772. The first-order valence-corrected chi connectivity index (χ1v) is 6.19. The van der Waals surface area contributed by atoms with E-state index in [0.717, 1.165) is 12.8 Å². The maximum Gasteiger partial charge on any atom is 0.0531 e. The fraction of sp³-hybridized carbons (Fsp3) is 0.467. The van der Waals surface area contributed by atoms with Crippen LogP contribution in [0.25, 0.3) is 5.57 Å². The average Bonchev–Trinajstić information content (AvgIpc) is 2.29. The van der Waals surface area contributed by atoms with Gasteiger partial charge in [0, 0.05) is 11.3 Å². The monoisotopic (exact) mass is 215 g/mol. The van der Waals surface area contributed by atoms with E-state index in [2.05, 4.69) is 57.3 Å². The Balaban J connectivity index is 2.53. The van der Waals surface area contributed by atoms with Crippen LogP contribution in [0.5, 0.6) is 0 Å². The van der Waals surface area contributed by atoms with Gasteiger partial charge in [0.15, 0.2) is 0 Å². The van der Waals surface area contributed by atoms with Crippen molar-refractivity contribution in [3.05, 3.63) is 35.4 Å². The van der Waals surface area contributed by atoms with Crippen LogP contribution in [0.4, 0.5) is 5.69 Å². The van der Waals surface area contributed by atoms with Crippen molar-refractivity contribution in [1.82, 2.24) is 0 Å². The molecule has 0 saturated carbocycles. The summed E-state index contributed by atoms with van der Waals surface area (Å²) in [7, 11) is 0. The fourth-order valence-corrected chi connectivity index (χ4v) is 2.32. The van der Waals surface area contributed by atoms with E-state index >= 15 is 0 Å². The number of hydrogen-bond acceptors (Lipinski definition) is 1. The largest absolute Gasteiger partial charge is 0.376 e. The zero-order valence-electron chi connectivity index (χ0n) is 10.7. The average molecular weight is 215 g/mol. The number of anilines is 1. The molecule has 0 amide bonds. The highest BCUT2D eigenvalue weighted by atomic mass is 15.0. The molecule has 1 atom stereocenters. The van der Waals surface area contributed by atoms with Crippen molar-refractivity contribution in [3.8, 4) is 0 Å². The summed E-state index contributed by atoms with van der Waals surface area (Å²) >= 11 is 0. The highest BCUT2D eigenvalue weighted by Gasteiger charge is 2.25. The van der Waals surface area contributed by atoms with Crippen molar-refractivity contribution < 1.29 is 0 Å². The van der Waals surface area contributed by atoms with E-state index < -0.39 is 0 Å². The molecule has 1 heteroatoms. The minimum absolute atomic E-state index is 0.119. The Morgan fingerprint density at radius 1 is 1.25 bits per heavy atom. The zero-order valence-corrected chi connectivity index (χ0v) is 10.7. The number of fused-ring (bicyclic) bond motifs is 1. The van der Waals surface area contributed by atoms with Crippen molar-refractivity contribution in [3.63, 3.8) is 0 Å². The third-order valence-electron chi connectivity index (χ3n) is 3.55. The number of nitrogens with one attached hydrogen (secondary N) is 1. The fourth-order valence-electron chi connectivity index (χ4n) is 2.32. The maximum absolute atomic E-state index is 3.64. The van der Waals surface area contributed by atoms with Crippen LogP contribution >= 0.6 is 0 Å². The first-order valence-electron chi connectivity index (χ1n) is 6.19. The summed E-state index contributed by atoms with van der Waals surface area (Å²) in [5.74, 6) is 0. The lowest BCUT2D eigenvalue weighted by Gasteiger charge is -2.34. The maximum atomic E-state index is 3.64. The van der Waals surface area contributed by atoms with Gasteiger partial charge < -0.3 is 5.32 Å². The van der Waals surface area contributed by atoms with Gasteiger partial charge in [-0.2, -0.15) is 0 Å². The molecular formula is C15H21N. The number of rotatable bonds is 2. The molecule has 1 heterocycles. The Labute approximate surface area is 98.6 Å². The topological polar surface area (TPSA) is 12.0 Å². The Kier molecular flexibility index (Phi) is 2.79. The van der Waals surface area contributed by atoms with Gasteiger partial charge in [0.05, 0.1) is 5.54 Å². The van der Waals surface area contributed by atoms with Crippen LogP contribution in [-0.4, -0.2) is 5.54 Å². The molecule has 0 fully saturated rings. The van der Waals surface area contributed by atoms with Gasteiger partial charge in [-0.05, 0) is 44.4 Å². The lowest BCUT2D eigenvalue weighted by molar-refractivity contribution is 0.607. The molecule has 0 aromatic heterocycles. The second-order valence-electron chi connectivity index (χ2n) is 4.97. The van der Waals surface area contributed by atoms with E-state index in [1.807, 2.05) is 0 Å². The molecule has 0 unspecified atom stereocenters. The third-order valence-corrected chi connectivity index (χ3v) is 3.55. The Morgan fingerprint density at radius 2 is 2.00 bits per heavy atom. The number of benzene rings is 1. The molecule has 0 aliphatic carbocycles. The van der Waals surface area contributed by atoms with Gasteiger partial charge in [-0.3, -0.25) is 0 Å². The summed E-state index contributed by atoms with van der Waals surface area (Å²) in [4.78, 5) is 0. The van der Waals surface area contributed by atoms with Gasteiger partial charge in [-0.25, -0.2) is 0 Å². The van der Waals surface area contributed by atoms with Crippen LogP contribution in [0, 0.1) is 6.92 Å². The predicted molar refractivity (Wildman–Crippen MR) is 71.8 cm³/mol. The molecule has 1 N–H and O–H groups in total. The van der Waals surface area contributed by atoms with Crippen LogP contribution in [0.2, 0.25) is 0 Å². The summed E-state index contributed by atoms with van der Waals surface area (Å²) < 4.78 is 0. The highest BCUT2D eigenvalue weighted by molar-refractivity contribution is 5.81. The van der Waals surface area contributed by atoms with E-state index in [9.17, 15) is 0 Å². The molecule has 1 aliphatic heterocycles. The molecule has 86 valence electrons. The minimum atomic E-state index is 0.119. The number of allylic oxidation sites excluding steroid dienone is 1. The molecule has 1 aliphatic rings. The van der Waals surface area contributed by atoms with E-state index in [4.69, 9.17) is 0 Å². The van der Waals surface area contributed by atoms with Crippen molar-refractivity contribution in [2.45, 2.75) is 46.1 Å². The summed E-state index contributed by atoms with van der Waals surface area (Å²) in [6, 6.07) is 6.68. The first kappa shape index (κ1) is 11.3. The zero-order chi connectivity index (χ0) is 11.8. The lowest BCUT2D eigenvalue weighted by atomic mass is 9.86. The number of hydrogen-bond donors (Lipinski definition) is 1. The SMILES string of the molecule is CCC1=C[C@](C)(CC)Nc2ccc(C)cc21. The molecule has 0 spiro atoms. The minimum Gasteiger partial charge on any atom is -0.376 e. The molecule has 1 nitrogen and oxygen atoms in total. The normalized spacial score (nSPS) is 23.4. The standard InChI is InChI=1S/C15H21N/c1-5-12-10-15(4,6-2)16-14-8-7-11(3)9-13(12)14/h7-10,16H,5-6H2,1-4H3/t15-/m0/s1. The Morgan fingerprint density at radius 3 is 2.62 bits per heavy atom. The molecule has 2 rings (SSSR count). The predicted octanol–water partition coefficient (Wildman–Crippen LogP) is 4.38. The first-order chi connectivity index (χ1) is 7.58. The lowest BCUT2D eigenvalue weighted by Crippen LogP contribution is -2.34. The van der Waals surface area contributed by atoms with E-state index in [0.29, 0.717) is 0 Å². The van der Waals surface area contributed by atoms with Gasteiger partial charge >= 0.3 is 0 Å². The van der Waals surface area contributed by atoms with Crippen LogP contribution < -0.4 is 5.32 Å². The Bertz CT molecular complexity index is 431. The second-order valence-corrected chi connectivity index (χ2v) is 4.97. The van der Waals surface area contributed by atoms with Gasteiger partial charge in [0.2, 0.25) is 0 Å². The number of aryl methyl sites for hydroxylation is 1. The second kappa shape index (κ2) is 3.97. The summed E-state index contributed by atoms with van der Waals surface area (Å²) in [5.41, 5.74) is 5.60. The highest BCUT2D eigenvalue weighted by Crippen LogP contribution is 2.37. The summed E-state index contributed by atoms with van der Waals surface area (Å²) in [6.07, 6.45) is 4.62. The van der Waals surface area contributed by atoms with Crippen molar-refractivity contribution in [2.24, 2.45) is 0 Å². The smallest absolute Gasteiger partial charge is 0.0531 e. The Hall–Kier alpha value is -1.24. The van der Waals surface area contributed by atoms with Crippen molar-refractivity contribution in [2.75, 3.05) is 5.32 Å². The van der Waals surface area contributed by atoms with E-state index in [1.54, 1.807) is 0 Å². The van der Waals surface area contributed by atoms with Crippen LogP contribution in [0.1, 0.15) is 44.7 Å². The summed E-state index contributed by atoms with van der Waals surface area (Å²) in [6.45, 7) is 8.89. The van der Waals surface area contributed by atoms with Crippen LogP contribution in [0.15, 0.2) is 24.3 Å². The molecule has 0 saturated heterocycles. The van der Waals surface area contributed by atoms with Crippen LogP contribution in [-0.2, 0) is 0 Å². The van der Waals surface area contributed by atoms with Crippen LogP contribution in [0.3, 0.4) is 0 Å². The van der Waals surface area contributed by atoms with Gasteiger partial charge in [-0.15, -0.1) is 0 Å². The molecule has 1 aromatic carbocycles. The van der Waals surface area contributed by atoms with Gasteiger partial charge in [0.25, 0.3) is 0 Å². The van der Waals surface area contributed by atoms with Crippen molar-refractivity contribution >= 4 is 11.3 Å². The van der Waals surface area contributed by atoms with Crippen molar-refractivity contribution in [1.29, 1.82) is 0 Å². The van der Waals surface area contributed by atoms with Gasteiger partial charge in [-0.1, -0.05) is 31.6 Å². The summed E-state index contributed by atoms with van der Waals surface area (Å²) in [5, 5.41) is 3.64. The van der Waals surface area contributed by atoms with E-state index in [-0.39, 0.29) is 5.54 Å². The van der Waals surface area contributed by atoms with Gasteiger partial charge in [0.1, 0.15) is 0 Å². The molecule has 16 heavy (non-hydrogen) atoms. The molecule has 0 radical (unpaired) electrons. The third kappa shape index (κ3) is 1.87. The van der Waals surface area contributed by atoms with E-state index in [1.165, 1.54) is 22.4 Å². The molecule has 0 bridgehead atoms.